The van der Waals surface area contributed by atoms with E-state index in [1.54, 1.807) is 20.1 Å². The highest BCUT2D eigenvalue weighted by Crippen LogP contribution is 2.37. The molecular weight excluding hydrogens is 296 g/mol. The summed E-state index contributed by atoms with van der Waals surface area (Å²) in [6.07, 6.45) is 1.65. The van der Waals surface area contributed by atoms with Crippen LogP contribution in [0.4, 0.5) is 0 Å². The number of benzene rings is 1. The highest BCUT2D eigenvalue weighted by molar-refractivity contribution is 9.10. The molecule has 0 aliphatic heterocycles. The summed E-state index contributed by atoms with van der Waals surface area (Å²) in [4.78, 5) is 10.9. The SMILES string of the molecule is COc1c(C)c(C)c(Br)c(C)c1/C=C(\C)C(=O)O. The lowest BCUT2D eigenvalue weighted by Crippen LogP contribution is -2.01. The summed E-state index contributed by atoms with van der Waals surface area (Å²) in [6, 6.07) is 0. The van der Waals surface area contributed by atoms with Gasteiger partial charge in [-0.25, -0.2) is 4.79 Å². The topological polar surface area (TPSA) is 46.5 Å². The fourth-order valence-electron chi connectivity index (χ4n) is 1.82. The summed E-state index contributed by atoms with van der Waals surface area (Å²) < 4.78 is 6.41. The molecule has 0 aromatic heterocycles. The van der Waals surface area contributed by atoms with Gasteiger partial charge in [0.05, 0.1) is 7.11 Å². The van der Waals surface area contributed by atoms with Crippen LogP contribution < -0.4 is 4.74 Å². The highest BCUT2D eigenvalue weighted by atomic mass is 79.9. The first-order chi connectivity index (χ1) is 8.31. The van der Waals surface area contributed by atoms with Gasteiger partial charge in [0.15, 0.2) is 0 Å². The molecule has 98 valence electrons. The number of carbonyl (C=O) groups is 1. The van der Waals surface area contributed by atoms with E-state index in [0.29, 0.717) is 0 Å². The Morgan fingerprint density at radius 2 is 1.78 bits per heavy atom. The molecule has 0 spiro atoms. The highest BCUT2D eigenvalue weighted by Gasteiger charge is 2.16. The Kier molecular flexibility index (Phi) is 4.57. The normalized spacial score (nSPS) is 11.6. The van der Waals surface area contributed by atoms with Crippen molar-refractivity contribution < 1.29 is 14.6 Å². The van der Waals surface area contributed by atoms with Gasteiger partial charge < -0.3 is 9.84 Å². The van der Waals surface area contributed by atoms with E-state index in [4.69, 9.17) is 9.84 Å². The summed E-state index contributed by atoms with van der Waals surface area (Å²) in [6.45, 7) is 7.49. The second-order valence-electron chi connectivity index (χ2n) is 4.27. The molecular formula is C14H17BrO3. The Hall–Kier alpha value is -1.29. The molecule has 0 radical (unpaired) electrons. The van der Waals surface area contributed by atoms with E-state index in [9.17, 15) is 4.79 Å². The van der Waals surface area contributed by atoms with Gasteiger partial charge in [0.2, 0.25) is 0 Å². The second-order valence-corrected chi connectivity index (χ2v) is 5.06. The van der Waals surface area contributed by atoms with E-state index in [0.717, 1.165) is 32.5 Å². The van der Waals surface area contributed by atoms with Crippen molar-refractivity contribution in [1.29, 1.82) is 0 Å². The molecule has 0 heterocycles. The fraction of sp³-hybridized carbons (Fsp3) is 0.357. The van der Waals surface area contributed by atoms with Crippen molar-refractivity contribution in [3.63, 3.8) is 0 Å². The monoisotopic (exact) mass is 312 g/mol. The average Bonchev–Trinajstić information content (AvgIpc) is 2.33. The van der Waals surface area contributed by atoms with Crippen molar-refractivity contribution in [1.82, 2.24) is 0 Å². The van der Waals surface area contributed by atoms with Crippen molar-refractivity contribution in [2.45, 2.75) is 27.7 Å². The lowest BCUT2D eigenvalue weighted by Gasteiger charge is -2.17. The summed E-state index contributed by atoms with van der Waals surface area (Å²) in [5, 5.41) is 8.97. The van der Waals surface area contributed by atoms with E-state index in [1.165, 1.54) is 0 Å². The summed E-state index contributed by atoms with van der Waals surface area (Å²) in [5.74, 6) is -0.195. The minimum Gasteiger partial charge on any atom is -0.496 e. The second kappa shape index (κ2) is 5.57. The predicted octanol–water partition coefficient (Wildman–Crippen LogP) is 3.87. The molecule has 1 N–H and O–H groups in total. The van der Waals surface area contributed by atoms with Crippen LogP contribution in [0, 0.1) is 20.8 Å². The van der Waals surface area contributed by atoms with Crippen molar-refractivity contribution >= 4 is 28.0 Å². The maximum absolute atomic E-state index is 10.9. The number of hydrogen-bond acceptors (Lipinski definition) is 2. The van der Waals surface area contributed by atoms with Crippen LogP contribution in [0.1, 0.15) is 29.2 Å². The standard InChI is InChI=1S/C14H17BrO3/c1-7(14(16)17)6-11-10(4)12(15)8(2)9(3)13(11)18-5/h6H,1-5H3,(H,16,17)/b7-6+. The van der Waals surface area contributed by atoms with Gasteiger partial charge in [-0.3, -0.25) is 0 Å². The van der Waals surface area contributed by atoms with Crippen LogP contribution in [0.25, 0.3) is 6.08 Å². The molecule has 1 rings (SSSR count). The van der Waals surface area contributed by atoms with E-state index in [2.05, 4.69) is 15.9 Å². The first kappa shape index (κ1) is 14.8. The van der Waals surface area contributed by atoms with Crippen LogP contribution in [0.2, 0.25) is 0 Å². The number of rotatable bonds is 3. The molecule has 18 heavy (non-hydrogen) atoms. The molecule has 0 bridgehead atoms. The van der Waals surface area contributed by atoms with E-state index < -0.39 is 5.97 Å². The van der Waals surface area contributed by atoms with Gasteiger partial charge in [0.1, 0.15) is 5.75 Å². The van der Waals surface area contributed by atoms with Gasteiger partial charge in [-0.05, 0) is 50.5 Å². The van der Waals surface area contributed by atoms with Gasteiger partial charge in [0.25, 0.3) is 0 Å². The molecule has 0 saturated carbocycles. The Morgan fingerprint density at radius 3 is 2.22 bits per heavy atom. The largest absolute Gasteiger partial charge is 0.496 e. The third kappa shape index (κ3) is 2.58. The molecule has 0 amide bonds. The Balaban J connectivity index is 3.62. The third-order valence-corrected chi connectivity index (χ3v) is 4.30. The molecule has 0 fully saturated rings. The first-order valence-electron chi connectivity index (χ1n) is 5.56. The number of ether oxygens (including phenoxy) is 1. The zero-order chi connectivity index (χ0) is 14.0. The number of methoxy groups -OCH3 is 1. The maximum Gasteiger partial charge on any atom is 0.331 e. The van der Waals surface area contributed by atoms with Crippen LogP contribution in [0.15, 0.2) is 10.0 Å². The molecule has 0 aliphatic carbocycles. The lowest BCUT2D eigenvalue weighted by atomic mass is 9.97. The van der Waals surface area contributed by atoms with Crippen molar-refractivity contribution in [2.24, 2.45) is 0 Å². The van der Waals surface area contributed by atoms with E-state index >= 15 is 0 Å². The third-order valence-electron chi connectivity index (χ3n) is 3.11. The van der Waals surface area contributed by atoms with Gasteiger partial charge in [-0.1, -0.05) is 15.9 Å². The minimum absolute atomic E-state index is 0.284. The van der Waals surface area contributed by atoms with Crippen molar-refractivity contribution in [3.8, 4) is 5.75 Å². The Bertz CT molecular complexity index is 531. The molecule has 0 saturated heterocycles. The predicted molar refractivity (Wildman–Crippen MR) is 76.2 cm³/mol. The number of carboxylic acids is 1. The summed E-state index contributed by atoms with van der Waals surface area (Å²) in [5.41, 5.74) is 4.20. The molecule has 3 nitrogen and oxygen atoms in total. The Labute approximate surface area is 116 Å². The Morgan fingerprint density at radius 1 is 1.22 bits per heavy atom. The average molecular weight is 313 g/mol. The van der Waals surface area contributed by atoms with Crippen LogP contribution in [0.5, 0.6) is 5.75 Å². The van der Waals surface area contributed by atoms with Gasteiger partial charge >= 0.3 is 5.97 Å². The van der Waals surface area contributed by atoms with Crippen LogP contribution in [-0.2, 0) is 4.79 Å². The lowest BCUT2D eigenvalue weighted by molar-refractivity contribution is -0.132. The molecule has 1 aromatic rings. The van der Waals surface area contributed by atoms with Crippen molar-refractivity contribution in [2.75, 3.05) is 7.11 Å². The van der Waals surface area contributed by atoms with Crippen LogP contribution >= 0.6 is 15.9 Å². The molecule has 1 aromatic carbocycles. The van der Waals surface area contributed by atoms with Gasteiger partial charge in [0, 0.05) is 15.6 Å². The fourth-order valence-corrected chi connectivity index (χ4v) is 2.33. The molecule has 0 aliphatic rings. The van der Waals surface area contributed by atoms with Gasteiger partial charge in [-0.15, -0.1) is 0 Å². The number of halogens is 1. The number of carboxylic acid groups (broad SMARTS) is 1. The summed E-state index contributed by atoms with van der Waals surface area (Å²) >= 11 is 3.54. The number of aliphatic carboxylic acids is 1. The minimum atomic E-state index is -0.925. The van der Waals surface area contributed by atoms with E-state index in [1.807, 2.05) is 20.8 Å². The zero-order valence-corrected chi connectivity index (χ0v) is 12.8. The summed E-state index contributed by atoms with van der Waals surface area (Å²) in [7, 11) is 1.60. The van der Waals surface area contributed by atoms with Gasteiger partial charge in [-0.2, -0.15) is 0 Å². The molecule has 0 unspecified atom stereocenters. The maximum atomic E-state index is 10.9. The molecule has 4 heteroatoms. The zero-order valence-electron chi connectivity index (χ0n) is 11.2. The number of hydrogen-bond donors (Lipinski definition) is 1. The van der Waals surface area contributed by atoms with Crippen LogP contribution in [0.3, 0.4) is 0 Å². The molecule has 0 atom stereocenters. The van der Waals surface area contributed by atoms with E-state index in [-0.39, 0.29) is 5.57 Å². The van der Waals surface area contributed by atoms with Crippen molar-refractivity contribution in [3.05, 3.63) is 32.3 Å². The quantitative estimate of drug-likeness (QED) is 0.862. The smallest absolute Gasteiger partial charge is 0.331 e. The first-order valence-corrected chi connectivity index (χ1v) is 6.35. The van der Waals surface area contributed by atoms with Crippen LogP contribution in [-0.4, -0.2) is 18.2 Å².